The van der Waals surface area contributed by atoms with Crippen molar-refractivity contribution in [2.24, 2.45) is 0 Å². The van der Waals surface area contributed by atoms with E-state index in [9.17, 15) is 4.79 Å². The van der Waals surface area contributed by atoms with Crippen LogP contribution in [0.15, 0.2) is 29.6 Å². The van der Waals surface area contributed by atoms with Crippen molar-refractivity contribution in [2.45, 2.75) is 12.8 Å². The number of thiazole rings is 1. The molecular weight excluding hydrogens is 308 g/mol. The lowest BCUT2D eigenvalue weighted by molar-refractivity contribution is 0.0732. The van der Waals surface area contributed by atoms with Gasteiger partial charge in [-0.15, -0.1) is 22.9 Å². The van der Waals surface area contributed by atoms with E-state index in [-0.39, 0.29) is 12.5 Å². The highest BCUT2D eigenvalue weighted by atomic mass is 35.5. The van der Waals surface area contributed by atoms with Crippen LogP contribution in [0, 0.1) is 0 Å². The van der Waals surface area contributed by atoms with Gasteiger partial charge < -0.3 is 10.0 Å². The van der Waals surface area contributed by atoms with Gasteiger partial charge in [0, 0.05) is 29.6 Å². The fraction of sp³-hybridized carbons (Fsp3) is 0.333. The highest BCUT2D eigenvalue weighted by Crippen LogP contribution is 2.25. The Bertz CT molecular complexity index is 615. The normalized spacial score (nSPS) is 10.6. The number of hydrogen-bond donors (Lipinski definition) is 1. The number of halogens is 1. The Labute approximate surface area is 133 Å². The number of amides is 1. The molecule has 1 heterocycles. The number of carbonyl (C=O) groups excluding carboxylic acids is 1. The maximum Gasteiger partial charge on any atom is 0.253 e. The lowest BCUT2D eigenvalue weighted by Gasteiger charge is -2.19. The van der Waals surface area contributed by atoms with E-state index in [0.717, 1.165) is 16.3 Å². The third-order valence-corrected chi connectivity index (χ3v) is 4.30. The first kappa shape index (κ1) is 15.9. The molecule has 1 N–H and O–H groups in total. The van der Waals surface area contributed by atoms with Crippen molar-refractivity contribution in [1.82, 2.24) is 9.88 Å². The van der Waals surface area contributed by atoms with Crippen LogP contribution >= 0.6 is 22.9 Å². The molecule has 0 aliphatic rings. The summed E-state index contributed by atoms with van der Waals surface area (Å²) in [7, 11) is 0. The molecule has 21 heavy (non-hydrogen) atoms. The molecule has 2 rings (SSSR count). The Kier molecular flexibility index (Phi) is 5.73. The maximum atomic E-state index is 12.4. The number of likely N-dealkylation sites (N-methyl/N-ethyl adjacent to an activating group) is 1. The summed E-state index contributed by atoms with van der Waals surface area (Å²) in [6.07, 6.45) is 0. The van der Waals surface area contributed by atoms with E-state index in [4.69, 9.17) is 16.7 Å². The minimum atomic E-state index is -0.0810. The molecule has 6 heteroatoms. The maximum absolute atomic E-state index is 12.4. The van der Waals surface area contributed by atoms with Crippen LogP contribution in [0.2, 0.25) is 0 Å². The van der Waals surface area contributed by atoms with Gasteiger partial charge in [0.05, 0.1) is 18.2 Å². The van der Waals surface area contributed by atoms with Crippen molar-refractivity contribution in [3.05, 3.63) is 40.9 Å². The third kappa shape index (κ3) is 3.81. The number of aromatic nitrogens is 1. The molecule has 1 aromatic carbocycles. The van der Waals surface area contributed by atoms with Crippen molar-refractivity contribution in [1.29, 1.82) is 0 Å². The molecule has 4 nitrogen and oxygen atoms in total. The molecule has 0 saturated carbocycles. The van der Waals surface area contributed by atoms with Crippen LogP contribution in [0.1, 0.15) is 23.0 Å². The molecule has 112 valence electrons. The summed E-state index contributed by atoms with van der Waals surface area (Å²) in [6.45, 7) is 2.76. The van der Waals surface area contributed by atoms with E-state index in [2.05, 4.69) is 4.98 Å². The van der Waals surface area contributed by atoms with Gasteiger partial charge in [0.25, 0.3) is 5.91 Å². The zero-order valence-corrected chi connectivity index (χ0v) is 13.3. The van der Waals surface area contributed by atoms with Gasteiger partial charge in [-0.2, -0.15) is 0 Å². The number of alkyl halides is 1. The van der Waals surface area contributed by atoms with E-state index in [1.807, 2.05) is 30.5 Å². The Morgan fingerprint density at radius 3 is 2.90 bits per heavy atom. The van der Waals surface area contributed by atoms with Gasteiger partial charge in [-0.05, 0) is 19.1 Å². The lowest BCUT2D eigenvalue weighted by atomic mass is 10.1. The molecule has 0 atom stereocenters. The van der Waals surface area contributed by atoms with Crippen molar-refractivity contribution in [3.63, 3.8) is 0 Å². The van der Waals surface area contributed by atoms with Gasteiger partial charge >= 0.3 is 0 Å². The molecule has 0 unspecified atom stereocenters. The van der Waals surface area contributed by atoms with E-state index < -0.39 is 0 Å². The average Bonchev–Trinajstić information content (AvgIpc) is 3.01. The highest BCUT2D eigenvalue weighted by Gasteiger charge is 2.14. The zero-order chi connectivity index (χ0) is 15.2. The van der Waals surface area contributed by atoms with Crippen LogP contribution < -0.4 is 0 Å². The fourth-order valence-electron chi connectivity index (χ4n) is 1.99. The van der Waals surface area contributed by atoms with Crippen molar-refractivity contribution >= 4 is 28.8 Å². The number of rotatable bonds is 6. The van der Waals surface area contributed by atoms with Gasteiger partial charge in [-0.1, -0.05) is 12.1 Å². The second-order valence-corrected chi connectivity index (χ2v) is 5.59. The summed E-state index contributed by atoms with van der Waals surface area (Å²) >= 11 is 7.28. The second-order valence-electron chi connectivity index (χ2n) is 4.47. The molecule has 0 aliphatic heterocycles. The highest BCUT2D eigenvalue weighted by molar-refractivity contribution is 7.13. The summed E-state index contributed by atoms with van der Waals surface area (Å²) < 4.78 is 0. The predicted octanol–water partition coefficient (Wildman–Crippen LogP) is 3.00. The van der Waals surface area contributed by atoms with Gasteiger partial charge in [0.15, 0.2) is 0 Å². The summed E-state index contributed by atoms with van der Waals surface area (Å²) in [5, 5.41) is 11.8. The number of benzene rings is 1. The monoisotopic (exact) mass is 324 g/mol. The predicted molar refractivity (Wildman–Crippen MR) is 85.8 cm³/mol. The van der Waals surface area contributed by atoms with Gasteiger partial charge in [0.1, 0.15) is 5.01 Å². The Morgan fingerprint density at radius 1 is 1.48 bits per heavy atom. The molecule has 0 radical (unpaired) electrons. The van der Waals surface area contributed by atoms with Crippen LogP contribution in [0.5, 0.6) is 0 Å². The molecule has 0 fully saturated rings. The van der Waals surface area contributed by atoms with Crippen molar-refractivity contribution in [2.75, 3.05) is 19.7 Å². The third-order valence-electron chi connectivity index (χ3n) is 3.08. The molecule has 2 aromatic rings. The molecule has 0 bridgehead atoms. The molecular formula is C15H17ClN2O2S. The van der Waals surface area contributed by atoms with Crippen LogP contribution in [0.3, 0.4) is 0 Å². The summed E-state index contributed by atoms with van der Waals surface area (Å²) in [4.78, 5) is 18.4. The Balaban J connectivity index is 2.26. The smallest absolute Gasteiger partial charge is 0.253 e. The summed E-state index contributed by atoms with van der Waals surface area (Å²) in [5.41, 5.74) is 2.34. The molecule has 1 amide bonds. The SMILES string of the molecule is CCN(CCO)C(=O)c1cccc(-c2nc(CCl)cs2)c1. The Hall–Kier alpha value is -1.43. The number of nitrogens with zero attached hydrogens (tertiary/aromatic N) is 2. The second kappa shape index (κ2) is 7.54. The standard InChI is InChI=1S/C15H17ClN2O2S/c1-2-18(6-7-19)15(20)12-5-3-4-11(8-12)14-17-13(9-16)10-21-14/h3-5,8,10,19H,2,6-7,9H2,1H3. The van der Waals surface area contributed by atoms with Gasteiger partial charge in [-0.25, -0.2) is 4.98 Å². The number of carbonyl (C=O) groups is 1. The molecule has 0 saturated heterocycles. The van der Waals surface area contributed by atoms with E-state index in [1.165, 1.54) is 11.3 Å². The fourth-order valence-corrected chi connectivity index (χ4v) is 3.04. The van der Waals surface area contributed by atoms with Crippen LogP contribution in [-0.4, -0.2) is 40.6 Å². The molecule has 0 aliphatic carbocycles. The number of aliphatic hydroxyl groups excluding tert-OH is 1. The first-order valence-electron chi connectivity index (χ1n) is 6.70. The largest absolute Gasteiger partial charge is 0.395 e. The van der Waals surface area contributed by atoms with E-state index in [0.29, 0.717) is 24.5 Å². The van der Waals surface area contributed by atoms with Crippen LogP contribution in [0.4, 0.5) is 0 Å². The number of hydrogen-bond acceptors (Lipinski definition) is 4. The zero-order valence-electron chi connectivity index (χ0n) is 11.8. The lowest BCUT2D eigenvalue weighted by Crippen LogP contribution is -2.33. The van der Waals surface area contributed by atoms with Crippen LogP contribution in [-0.2, 0) is 5.88 Å². The minimum Gasteiger partial charge on any atom is -0.395 e. The first-order chi connectivity index (χ1) is 10.2. The minimum absolute atomic E-state index is 0.0369. The average molecular weight is 325 g/mol. The summed E-state index contributed by atoms with van der Waals surface area (Å²) in [6, 6.07) is 7.38. The molecule has 0 spiro atoms. The van der Waals surface area contributed by atoms with Crippen molar-refractivity contribution in [3.8, 4) is 10.6 Å². The number of aliphatic hydroxyl groups is 1. The van der Waals surface area contributed by atoms with Crippen LogP contribution in [0.25, 0.3) is 10.6 Å². The van der Waals surface area contributed by atoms with Gasteiger partial charge in [0.2, 0.25) is 0 Å². The van der Waals surface area contributed by atoms with Gasteiger partial charge in [-0.3, -0.25) is 4.79 Å². The van der Waals surface area contributed by atoms with Crippen molar-refractivity contribution < 1.29 is 9.90 Å². The first-order valence-corrected chi connectivity index (χ1v) is 8.12. The van der Waals surface area contributed by atoms with E-state index in [1.54, 1.807) is 11.0 Å². The van der Waals surface area contributed by atoms with E-state index >= 15 is 0 Å². The quantitative estimate of drug-likeness (QED) is 0.831. The Morgan fingerprint density at radius 2 is 2.29 bits per heavy atom. The topological polar surface area (TPSA) is 53.4 Å². The molecule has 1 aromatic heterocycles. The summed E-state index contributed by atoms with van der Waals surface area (Å²) in [5.74, 6) is 0.303.